The second kappa shape index (κ2) is 5.19. The molecule has 2 atom stereocenters. The summed E-state index contributed by atoms with van der Waals surface area (Å²) in [5.74, 6) is 0.0155. The van der Waals surface area contributed by atoms with Crippen molar-refractivity contribution in [2.45, 2.75) is 32.2 Å². The minimum absolute atomic E-state index is 0.0169. The van der Waals surface area contributed by atoms with E-state index >= 15 is 0 Å². The van der Waals surface area contributed by atoms with Crippen molar-refractivity contribution in [2.24, 2.45) is 11.7 Å². The van der Waals surface area contributed by atoms with Crippen molar-refractivity contribution in [1.82, 2.24) is 0 Å². The van der Waals surface area contributed by atoms with Gasteiger partial charge in [0.2, 0.25) is 5.91 Å². The van der Waals surface area contributed by atoms with Gasteiger partial charge in [0.05, 0.1) is 5.92 Å². The van der Waals surface area contributed by atoms with Crippen LogP contribution in [0, 0.1) is 12.8 Å². The molecule has 0 bridgehead atoms. The smallest absolute Gasteiger partial charge is 0.229 e. The van der Waals surface area contributed by atoms with Crippen LogP contribution in [0.25, 0.3) is 0 Å². The van der Waals surface area contributed by atoms with E-state index in [2.05, 4.69) is 21.2 Å². The van der Waals surface area contributed by atoms with Crippen LogP contribution in [0.4, 0.5) is 5.69 Å². The molecular formula is C13H17BrN2O. The third kappa shape index (κ3) is 3.07. The molecule has 1 aromatic rings. The molecule has 2 rings (SSSR count). The second-order valence-electron chi connectivity index (χ2n) is 4.71. The van der Waals surface area contributed by atoms with Crippen LogP contribution < -0.4 is 11.1 Å². The number of carbonyl (C=O) groups is 1. The van der Waals surface area contributed by atoms with E-state index in [4.69, 9.17) is 5.73 Å². The molecule has 0 aliphatic heterocycles. The van der Waals surface area contributed by atoms with Gasteiger partial charge < -0.3 is 11.1 Å². The molecule has 1 aromatic carbocycles. The molecule has 0 heterocycles. The lowest BCUT2D eigenvalue weighted by Gasteiger charge is -2.15. The summed E-state index contributed by atoms with van der Waals surface area (Å²) in [7, 11) is 0. The summed E-state index contributed by atoms with van der Waals surface area (Å²) in [6.45, 7) is 2.00. The Morgan fingerprint density at radius 1 is 1.41 bits per heavy atom. The first-order valence-electron chi connectivity index (χ1n) is 5.90. The van der Waals surface area contributed by atoms with Gasteiger partial charge in [0.15, 0.2) is 0 Å². The maximum absolute atomic E-state index is 12.0. The van der Waals surface area contributed by atoms with Gasteiger partial charge >= 0.3 is 0 Å². The van der Waals surface area contributed by atoms with Gasteiger partial charge in [0, 0.05) is 16.2 Å². The standard InChI is InChI=1S/C13H17BrN2O/c1-8-5-9(14)7-10(6-8)16-13(17)11-3-2-4-12(11)15/h5-7,11-12H,2-4,15H2,1H3,(H,16,17). The zero-order valence-electron chi connectivity index (χ0n) is 9.87. The summed E-state index contributed by atoms with van der Waals surface area (Å²) in [4.78, 5) is 12.0. The summed E-state index contributed by atoms with van der Waals surface area (Å²) >= 11 is 3.42. The van der Waals surface area contributed by atoms with Crippen molar-refractivity contribution in [3.05, 3.63) is 28.2 Å². The van der Waals surface area contributed by atoms with E-state index in [0.717, 1.165) is 35.0 Å². The zero-order chi connectivity index (χ0) is 12.4. The second-order valence-corrected chi connectivity index (χ2v) is 5.62. The summed E-state index contributed by atoms with van der Waals surface area (Å²) in [5, 5.41) is 2.95. The number of halogens is 1. The molecule has 1 aliphatic carbocycles. The van der Waals surface area contributed by atoms with Crippen LogP contribution in [0.5, 0.6) is 0 Å². The van der Waals surface area contributed by atoms with Crippen molar-refractivity contribution in [3.8, 4) is 0 Å². The number of carbonyl (C=O) groups excluding carboxylic acids is 1. The molecule has 2 unspecified atom stereocenters. The van der Waals surface area contributed by atoms with Crippen molar-refractivity contribution >= 4 is 27.5 Å². The predicted molar refractivity (Wildman–Crippen MR) is 72.8 cm³/mol. The van der Waals surface area contributed by atoms with E-state index in [1.807, 2.05) is 25.1 Å². The summed E-state index contributed by atoms with van der Waals surface area (Å²) in [6, 6.07) is 5.90. The molecule has 17 heavy (non-hydrogen) atoms. The Kier molecular flexibility index (Phi) is 3.84. The molecule has 0 spiro atoms. The highest BCUT2D eigenvalue weighted by Gasteiger charge is 2.30. The zero-order valence-corrected chi connectivity index (χ0v) is 11.5. The average molecular weight is 297 g/mol. The highest BCUT2D eigenvalue weighted by atomic mass is 79.9. The van der Waals surface area contributed by atoms with E-state index in [1.54, 1.807) is 0 Å². The number of nitrogens with two attached hydrogens (primary N) is 1. The Morgan fingerprint density at radius 3 is 2.76 bits per heavy atom. The van der Waals surface area contributed by atoms with Crippen LogP contribution in [-0.2, 0) is 4.79 Å². The van der Waals surface area contributed by atoms with Crippen LogP contribution in [0.1, 0.15) is 24.8 Å². The molecule has 4 heteroatoms. The van der Waals surface area contributed by atoms with Gasteiger partial charge in [0.25, 0.3) is 0 Å². The lowest BCUT2D eigenvalue weighted by molar-refractivity contribution is -0.120. The normalized spacial score (nSPS) is 23.7. The van der Waals surface area contributed by atoms with Gasteiger partial charge in [-0.05, 0) is 43.5 Å². The Hall–Kier alpha value is -0.870. The molecule has 92 valence electrons. The van der Waals surface area contributed by atoms with Crippen LogP contribution in [-0.4, -0.2) is 11.9 Å². The fourth-order valence-corrected chi connectivity index (χ4v) is 2.97. The van der Waals surface area contributed by atoms with Crippen LogP contribution >= 0.6 is 15.9 Å². The quantitative estimate of drug-likeness (QED) is 0.882. The lowest BCUT2D eigenvalue weighted by atomic mass is 10.0. The van der Waals surface area contributed by atoms with Gasteiger partial charge in [0.1, 0.15) is 0 Å². The van der Waals surface area contributed by atoms with Crippen molar-refractivity contribution in [3.63, 3.8) is 0 Å². The highest BCUT2D eigenvalue weighted by Crippen LogP contribution is 2.26. The number of benzene rings is 1. The number of aryl methyl sites for hydroxylation is 1. The van der Waals surface area contributed by atoms with Gasteiger partial charge in [-0.1, -0.05) is 22.4 Å². The molecule has 0 aromatic heterocycles. The number of amides is 1. The Bertz CT molecular complexity index is 413. The number of hydrogen-bond donors (Lipinski definition) is 2. The van der Waals surface area contributed by atoms with E-state index in [1.165, 1.54) is 0 Å². The van der Waals surface area contributed by atoms with Crippen LogP contribution in [0.15, 0.2) is 22.7 Å². The number of hydrogen-bond acceptors (Lipinski definition) is 2. The molecule has 1 aliphatic rings. The van der Waals surface area contributed by atoms with Gasteiger partial charge in [-0.3, -0.25) is 4.79 Å². The molecule has 3 nitrogen and oxygen atoms in total. The third-order valence-electron chi connectivity index (χ3n) is 3.22. The monoisotopic (exact) mass is 296 g/mol. The van der Waals surface area contributed by atoms with Gasteiger partial charge in [-0.25, -0.2) is 0 Å². The van der Waals surface area contributed by atoms with E-state index in [-0.39, 0.29) is 17.9 Å². The SMILES string of the molecule is Cc1cc(Br)cc(NC(=O)C2CCCC2N)c1. The molecule has 1 amide bonds. The Labute approximate surface area is 110 Å². The number of nitrogens with one attached hydrogen (secondary N) is 1. The van der Waals surface area contributed by atoms with Crippen molar-refractivity contribution in [1.29, 1.82) is 0 Å². The molecular weight excluding hydrogens is 280 g/mol. The topological polar surface area (TPSA) is 55.1 Å². The molecule has 3 N–H and O–H groups in total. The van der Waals surface area contributed by atoms with Crippen LogP contribution in [0.2, 0.25) is 0 Å². The van der Waals surface area contributed by atoms with E-state index in [0.29, 0.717) is 0 Å². The molecule has 1 saturated carbocycles. The average Bonchev–Trinajstić information content (AvgIpc) is 2.62. The number of rotatable bonds is 2. The molecule has 0 radical (unpaired) electrons. The maximum atomic E-state index is 12.0. The van der Waals surface area contributed by atoms with E-state index in [9.17, 15) is 4.79 Å². The third-order valence-corrected chi connectivity index (χ3v) is 3.67. The fourth-order valence-electron chi connectivity index (χ4n) is 2.36. The summed E-state index contributed by atoms with van der Waals surface area (Å²) in [5.41, 5.74) is 7.87. The lowest BCUT2D eigenvalue weighted by Crippen LogP contribution is -2.34. The highest BCUT2D eigenvalue weighted by molar-refractivity contribution is 9.10. The largest absolute Gasteiger partial charge is 0.327 e. The summed E-state index contributed by atoms with van der Waals surface area (Å²) in [6.07, 6.45) is 2.91. The molecule has 0 saturated heterocycles. The van der Waals surface area contributed by atoms with Crippen molar-refractivity contribution in [2.75, 3.05) is 5.32 Å². The Morgan fingerprint density at radius 2 is 2.18 bits per heavy atom. The Balaban J connectivity index is 2.07. The summed E-state index contributed by atoms with van der Waals surface area (Å²) < 4.78 is 0.975. The van der Waals surface area contributed by atoms with Crippen molar-refractivity contribution < 1.29 is 4.79 Å². The first-order valence-corrected chi connectivity index (χ1v) is 6.69. The predicted octanol–water partition coefficient (Wildman–Crippen LogP) is 2.82. The number of anilines is 1. The first kappa shape index (κ1) is 12.6. The van der Waals surface area contributed by atoms with Gasteiger partial charge in [-0.15, -0.1) is 0 Å². The fraction of sp³-hybridized carbons (Fsp3) is 0.462. The minimum atomic E-state index is -0.0331. The van der Waals surface area contributed by atoms with Gasteiger partial charge in [-0.2, -0.15) is 0 Å². The first-order chi connectivity index (χ1) is 8.06. The molecule has 1 fully saturated rings. The van der Waals surface area contributed by atoms with Crippen LogP contribution in [0.3, 0.4) is 0 Å². The minimum Gasteiger partial charge on any atom is -0.327 e. The maximum Gasteiger partial charge on any atom is 0.229 e. The van der Waals surface area contributed by atoms with E-state index < -0.39 is 0 Å².